The molecule has 0 radical (unpaired) electrons. The normalized spacial score (nSPS) is 23.0. The van der Waals surface area contributed by atoms with Gasteiger partial charge in [-0.2, -0.15) is 0 Å². The van der Waals surface area contributed by atoms with Crippen molar-refractivity contribution in [1.82, 2.24) is 4.98 Å². The molecular formula is C17H17FN2O. The van der Waals surface area contributed by atoms with Gasteiger partial charge in [0.1, 0.15) is 11.6 Å². The van der Waals surface area contributed by atoms with Crippen molar-refractivity contribution in [3.8, 4) is 5.75 Å². The van der Waals surface area contributed by atoms with Gasteiger partial charge >= 0.3 is 0 Å². The lowest BCUT2D eigenvalue weighted by Crippen LogP contribution is -2.38. The Morgan fingerprint density at radius 1 is 1.24 bits per heavy atom. The highest BCUT2D eigenvalue weighted by molar-refractivity contribution is 5.55. The Morgan fingerprint density at radius 2 is 2.05 bits per heavy atom. The van der Waals surface area contributed by atoms with Crippen LogP contribution in [-0.4, -0.2) is 18.1 Å². The van der Waals surface area contributed by atoms with E-state index in [1.165, 1.54) is 11.9 Å². The van der Waals surface area contributed by atoms with Crippen LogP contribution in [-0.2, 0) is 6.42 Å². The number of hydrogen-bond acceptors (Lipinski definition) is 3. The predicted molar refractivity (Wildman–Crippen MR) is 79.1 cm³/mol. The van der Waals surface area contributed by atoms with Crippen LogP contribution in [0.5, 0.6) is 5.75 Å². The first kappa shape index (κ1) is 12.6. The van der Waals surface area contributed by atoms with E-state index < -0.39 is 0 Å². The van der Waals surface area contributed by atoms with Gasteiger partial charge in [-0.05, 0) is 55.2 Å². The number of methoxy groups -OCH3 is 1. The molecule has 2 aliphatic heterocycles. The molecule has 2 bridgehead atoms. The minimum Gasteiger partial charge on any atom is -0.497 e. The number of nitrogens with zero attached hydrogens (tertiary/aromatic N) is 2. The molecule has 2 atom stereocenters. The molecule has 1 fully saturated rings. The maximum absolute atomic E-state index is 13.4. The smallest absolute Gasteiger partial charge is 0.141 e. The minimum atomic E-state index is -0.231. The van der Waals surface area contributed by atoms with Crippen LogP contribution in [0.25, 0.3) is 0 Å². The summed E-state index contributed by atoms with van der Waals surface area (Å²) in [5.41, 5.74) is 3.31. The lowest BCUT2D eigenvalue weighted by atomic mass is 9.97. The van der Waals surface area contributed by atoms with Crippen LogP contribution in [0.4, 0.5) is 10.1 Å². The number of ether oxygens (including phenoxy) is 1. The van der Waals surface area contributed by atoms with Gasteiger partial charge in [-0.3, -0.25) is 4.98 Å². The maximum Gasteiger partial charge on any atom is 0.141 e. The molecule has 0 amide bonds. The zero-order valence-electron chi connectivity index (χ0n) is 11.9. The third-order valence-electron chi connectivity index (χ3n) is 4.61. The molecule has 3 nitrogen and oxygen atoms in total. The van der Waals surface area contributed by atoms with Crippen molar-refractivity contribution in [3.63, 3.8) is 0 Å². The first-order valence-electron chi connectivity index (χ1n) is 7.33. The largest absolute Gasteiger partial charge is 0.497 e. The van der Waals surface area contributed by atoms with Crippen molar-refractivity contribution in [3.05, 3.63) is 53.6 Å². The molecule has 1 saturated heterocycles. The van der Waals surface area contributed by atoms with Crippen LogP contribution in [0.15, 0.2) is 36.5 Å². The average molecular weight is 284 g/mol. The van der Waals surface area contributed by atoms with Crippen molar-refractivity contribution in [2.24, 2.45) is 0 Å². The summed E-state index contributed by atoms with van der Waals surface area (Å²) in [4.78, 5) is 6.80. The molecule has 2 aliphatic rings. The summed E-state index contributed by atoms with van der Waals surface area (Å²) in [6, 6.07) is 10.5. The summed E-state index contributed by atoms with van der Waals surface area (Å²) >= 11 is 0. The summed E-state index contributed by atoms with van der Waals surface area (Å²) in [7, 11) is 1.67. The van der Waals surface area contributed by atoms with E-state index in [0.29, 0.717) is 6.04 Å². The predicted octanol–water partition coefficient (Wildman–Crippen LogP) is 3.50. The van der Waals surface area contributed by atoms with Gasteiger partial charge in [0.25, 0.3) is 0 Å². The number of benzene rings is 1. The molecular weight excluding hydrogens is 267 g/mol. The van der Waals surface area contributed by atoms with Crippen molar-refractivity contribution >= 4 is 5.69 Å². The third kappa shape index (κ3) is 1.97. The summed E-state index contributed by atoms with van der Waals surface area (Å²) in [5, 5.41) is 0. The highest BCUT2D eigenvalue weighted by Gasteiger charge is 2.40. The number of aromatic nitrogens is 1. The number of hydrogen-bond donors (Lipinski definition) is 0. The molecule has 1 aromatic heterocycles. The van der Waals surface area contributed by atoms with Crippen LogP contribution < -0.4 is 9.64 Å². The number of rotatable bonds is 2. The number of anilines is 1. The van der Waals surface area contributed by atoms with Crippen molar-refractivity contribution in [2.45, 2.75) is 31.3 Å². The van der Waals surface area contributed by atoms with Gasteiger partial charge in [0, 0.05) is 11.7 Å². The Hall–Kier alpha value is -2.10. The average Bonchev–Trinajstić information content (AvgIpc) is 2.82. The van der Waals surface area contributed by atoms with E-state index in [9.17, 15) is 4.39 Å². The fourth-order valence-corrected chi connectivity index (χ4v) is 3.71. The molecule has 0 spiro atoms. The van der Waals surface area contributed by atoms with Gasteiger partial charge in [-0.1, -0.05) is 0 Å². The first-order chi connectivity index (χ1) is 10.3. The topological polar surface area (TPSA) is 25.4 Å². The summed E-state index contributed by atoms with van der Waals surface area (Å²) < 4.78 is 18.6. The Morgan fingerprint density at radius 3 is 2.81 bits per heavy atom. The number of pyridine rings is 1. The van der Waals surface area contributed by atoms with E-state index in [1.54, 1.807) is 13.2 Å². The lowest BCUT2D eigenvalue weighted by molar-refractivity contribution is 0.414. The Kier molecular flexibility index (Phi) is 2.84. The molecule has 0 N–H and O–H groups in total. The minimum absolute atomic E-state index is 0.231. The van der Waals surface area contributed by atoms with Crippen LogP contribution in [0, 0.1) is 5.82 Å². The number of fused-ring (bicyclic) bond motifs is 4. The van der Waals surface area contributed by atoms with E-state index in [0.717, 1.165) is 36.3 Å². The molecule has 1 aromatic carbocycles. The SMILES string of the molecule is COc1ccc(N2[C@H]3CC[C@@H]2c2ncc(F)cc2C3)cc1. The monoisotopic (exact) mass is 284 g/mol. The van der Waals surface area contributed by atoms with Crippen molar-refractivity contribution in [1.29, 1.82) is 0 Å². The van der Waals surface area contributed by atoms with Gasteiger partial charge < -0.3 is 9.64 Å². The first-order valence-corrected chi connectivity index (χ1v) is 7.33. The van der Waals surface area contributed by atoms with E-state index in [4.69, 9.17) is 4.74 Å². The molecule has 108 valence electrons. The van der Waals surface area contributed by atoms with Crippen molar-refractivity contribution < 1.29 is 9.13 Å². The molecule has 0 unspecified atom stereocenters. The zero-order valence-corrected chi connectivity index (χ0v) is 11.9. The fourth-order valence-electron chi connectivity index (χ4n) is 3.71. The second-order valence-corrected chi connectivity index (χ2v) is 5.75. The van der Waals surface area contributed by atoms with Gasteiger partial charge in [0.2, 0.25) is 0 Å². The molecule has 4 heteroatoms. The molecule has 0 aliphatic carbocycles. The van der Waals surface area contributed by atoms with Crippen LogP contribution in [0.3, 0.4) is 0 Å². The summed E-state index contributed by atoms with van der Waals surface area (Å²) in [5.74, 6) is 0.634. The van der Waals surface area contributed by atoms with Crippen molar-refractivity contribution in [2.75, 3.05) is 12.0 Å². The maximum atomic E-state index is 13.4. The van der Waals surface area contributed by atoms with Gasteiger partial charge in [-0.15, -0.1) is 0 Å². The molecule has 4 rings (SSSR count). The van der Waals surface area contributed by atoms with Crippen LogP contribution in [0.2, 0.25) is 0 Å². The summed E-state index contributed by atoms with van der Waals surface area (Å²) in [6.07, 6.45) is 4.43. The molecule has 2 aromatic rings. The standard InChI is InChI=1S/C17H17FN2O/c1-21-15-5-2-13(3-6-15)20-14-4-7-16(20)17-11(9-14)8-12(18)10-19-17/h2-3,5-6,8,10,14,16H,4,7,9H2,1H3/t14-,16+/m0/s1. The lowest BCUT2D eigenvalue weighted by Gasteiger charge is -2.37. The fraction of sp³-hybridized carbons (Fsp3) is 0.353. The Balaban J connectivity index is 1.73. The van der Waals surface area contributed by atoms with E-state index in [-0.39, 0.29) is 11.9 Å². The van der Waals surface area contributed by atoms with E-state index in [1.807, 2.05) is 12.1 Å². The third-order valence-corrected chi connectivity index (χ3v) is 4.61. The van der Waals surface area contributed by atoms with Gasteiger partial charge in [-0.25, -0.2) is 4.39 Å². The second-order valence-electron chi connectivity index (χ2n) is 5.75. The van der Waals surface area contributed by atoms with Crippen LogP contribution >= 0.6 is 0 Å². The Bertz CT molecular complexity index is 671. The summed E-state index contributed by atoms with van der Waals surface area (Å²) in [6.45, 7) is 0. The Labute approximate surface area is 123 Å². The van der Waals surface area contributed by atoms with E-state index in [2.05, 4.69) is 22.0 Å². The molecule has 0 saturated carbocycles. The van der Waals surface area contributed by atoms with Crippen LogP contribution in [0.1, 0.15) is 30.1 Å². The molecule has 3 heterocycles. The highest BCUT2D eigenvalue weighted by Crippen LogP contribution is 2.45. The van der Waals surface area contributed by atoms with Gasteiger partial charge in [0.05, 0.1) is 25.0 Å². The highest BCUT2D eigenvalue weighted by atomic mass is 19.1. The van der Waals surface area contributed by atoms with Gasteiger partial charge in [0.15, 0.2) is 0 Å². The molecule has 21 heavy (non-hydrogen) atoms. The quantitative estimate of drug-likeness (QED) is 0.844. The second kappa shape index (κ2) is 4.72. The number of halogens is 1. The van der Waals surface area contributed by atoms with E-state index >= 15 is 0 Å². The zero-order chi connectivity index (χ0) is 14.4.